The van der Waals surface area contributed by atoms with E-state index in [0.717, 1.165) is 12.1 Å². The van der Waals surface area contributed by atoms with Gasteiger partial charge in [0.25, 0.3) is 5.91 Å². The second kappa shape index (κ2) is 6.49. The van der Waals surface area contributed by atoms with Crippen molar-refractivity contribution in [3.05, 3.63) is 71.6 Å². The van der Waals surface area contributed by atoms with Crippen molar-refractivity contribution in [3.8, 4) is 11.5 Å². The van der Waals surface area contributed by atoms with Crippen LogP contribution in [0.1, 0.15) is 16.1 Å². The second-order valence-electron chi connectivity index (χ2n) is 5.08. The Balaban J connectivity index is 1.70. The minimum atomic E-state index is -0.726. The molecular weight excluding hydrogens is 316 g/mol. The summed E-state index contributed by atoms with van der Waals surface area (Å²) in [5, 5.41) is 2.50. The predicted octanol–water partition coefficient (Wildman–Crippen LogP) is 3.13. The van der Waals surface area contributed by atoms with Crippen LogP contribution in [0, 0.1) is 11.6 Å². The number of carbonyl (C=O) groups is 1. The Hall–Kier alpha value is -3.22. The smallest absolute Gasteiger partial charge is 0.273 e. The van der Waals surface area contributed by atoms with E-state index < -0.39 is 17.5 Å². The van der Waals surface area contributed by atoms with E-state index in [-0.39, 0.29) is 23.7 Å². The molecule has 0 aliphatic carbocycles. The van der Waals surface area contributed by atoms with Gasteiger partial charge >= 0.3 is 0 Å². The number of nitrogen functional groups attached to an aromatic ring is 1. The molecule has 0 aliphatic rings. The number of nitrogens with one attached hydrogen (secondary N) is 1. The molecular formula is C17H13F2N3O2. The number of hydrogen-bond acceptors (Lipinski definition) is 4. The lowest BCUT2D eigenvalue weighted by molar-refractivity contribution is 0.0945. The highest BCUT2D eigenvalue weighted by Gasteiger charge is 2.14. The van der Waals surface area contributed by atoms with Gasteiger partial charge < -0.3 is 15.5 Å². The molecule has 0 saturated carbocycles. The van der Waals surface area contributed by atoms with Crippen molar-refractivity contribution in [2.45, 2.75) is 6.54 Å². The number of halogens is 2. The number of amides is 1. The number of benzene rings is 2. The maximum atomic E-state index is 13.5. The van der Waals surface area contributed by atoms with E-state index in [1.807, 2.05) is 0 Å². The molecule has 1 amide bonds. The summed E-state index contributed by atoms with van der Waals surface area (Å²) < 4.78 is 31.6. The van der Waals surface area contributed by atoms with E-state index in [0.29, 0.717) is 11.3 Å². The molecule has 2 aromatic carbocycles. The van der Waals surface area contributed by atoms with Crippen molar-refractivity contribution in [1.29, 1.82) is 0 Å². The van der Waals surface area contributed by atoms with Gasteiger partial charge in [-0.25, -0.2) is 13.8 Å². The van der Waals surface area contributed by atoms with E-state index >= 15 is 0 Å². The van der Waals surface area contributed by atoms with Crippen LogP contribution in [0.25, 0.3) is 11.5 Å². The van der Waals surface area contributed by atoms with Crippen molar-refractivity contribution in [2.75, 3.05) is 5.73 Å². The molecule has 122 valence electrons. The third-order valence-corrected chi connectivity index (χ3v) is 3.32. The molecule has 0 fully saturated rings. The van der Waals surface area contributed by atoms with Crippen LogP contribution in [0.15, 0.2) is 53.1 Å². The summed E-state index contributed by atoms with van der Waals surface area (Å²) in [6, 6.07) is 10.0. The van der Waals surface area contributed by atoms with Crippen LogP contribution in [0.2, 0.25) is 0 Å². The Morgan fingerprint density at radius 2 is 2.04 bits per heavy atom. The van der Waals surface area contributed by atoms with Gasteiger partial charge in [-0.15, -0.1) is 0 Å². The third-order valence-electron chi connectivity index (χ3n) is 3.32. The average molecular weight is 329 g/mol. The first-order chi connectivity index (χ1) is 11.5. The van der Waals surface area contributed by atoms with Gasteiger partial charge in [-0.3, -0.25) is 4.79 Å². The zero-order valence-electron chi connectivity index (χ0n) is 12.4. The van der Waals surface area contributed by atoms with Crippen molar-refractivity contribution >= 4 is 11.6 Å². The van der Waals surface area contributed by atoms with Crippen LogP contribution < -0.4 is 11.1 Å². The second-order valence-corrected chi connectivity index (χ2v) is 5.08. The molecule has 1 aromatic heterocycles. The number of anilines is 1. The van der Waals surface area contributed by atoms with Crippen LogP contribution in [0.4, 0.5) is 14.5 Å². The number of nitrogens with two attached hydrogens (primary N) is 1. The molecule has 24 heavy (non-hydrogen) atoms. The van der Waals surface area contributed by atoms with E-state index in [1.54, 1.807) is 24.3 Å². The van der Waals surface area contributed by atoms with Gasteiger partial charge in [0.05, 0.1) is 0 Å². The number of nitrogens with zero attached hydrogens (tertiary/aromatic N) is 1. The van der Waals surface area contributed by atoms with Gasteiger partial charge in [0.15, 0.2) is 5.69 Å². The zero-order valence-corrected chi connectivity index (χ0v) is 12.4. The molecule has 5 nitrogen and oxygen atoms in total. The fourth-order valence-electron chi connectivity index (χ4n) is 2.11. The van der Waals surface area contributed by atoms with Gasteiger partial charge in [0.2, 0.25) is 5.89 Å². The molecule has 3 rings (SSSR count). The Morgan fingerprint density at radius 1 is 1.21 bits per heavy atom. The van der Waals surface area contributed by atoms with E-state index in [2.05, 4.69) is 10.3 Å². The third kappa shape index (κ3) is 3.40. The number of aromatic nitrogens is 1. The Kier molecular flexibility index (Phi) is 4.24. The summed E-state index contributed by atoms with van der Waals surface area (Å²) >= 11 is 0. The van der Waals surface area contributed by atoms with Crippen LogP contribution in [0.3, 0.4) is 0 Å². The lowest BCUT2D eigenvalue weighted by Gasteiger charge is -2.04. The van der Waals surface area contributed by atoms with Crippen LogP contribution in [-0.2, 0) is 6.54 Å². The standard InChI is InChI=1S/C17H13F2N3O2/c18-12-5-4-11(14(19)7-12)8-21-16(23)15-9-24-17(22-15)10-2-1-3-13(20)6-10/h1-7,9H,8,20H2,(H,21,23). The highest BCUT2D eigenvalue weighted by molar-refractivity contribution is 5.92. The molecule has 0 atom stereocenters. The molecule has 0 spiro atoms. The summed E-state index contributed by atoms with van der Waals surface area (Å²) in [5.74, 6) is -1.68. The number of hydrogen-bond donors (Lipinski definition) is 2. The minimum Gasteiger partial charge on any atom is -0.444 e. The average Bonchev–Trinajstić information content (AvgIpc) is 3.04. The lowest BCUT2D eigenvalue weighted by Crippen LogP contribution is -2.23. The van der Waals surface area contributed by atoms with Crippen LogP contribution in [-0.4, -0.2) is 10.9 Å². The number of rotatable bonds is 4. The van der Waals surface area contributed by atoms with Gasteiger partial charge in [-0.1, -0.05) is 12.1 Å². The first kappa shape index (κ1) is 15.7. The van der Waals surface area contributed by atoms with Gasteiger partial charge in [0.1, 0.15) is 17.9 Å². The molecule has 1 heterocycles. The van der Waals surface area contributed by atoms with Crippen molar-refractivity contribution in [1.82, 2.24) is 10.3 Å². The Morgan fingerprint density at radius 3 is 2.79 bits per heavy atom. The molecule has 7 heteroatoms. The highest BCUT2D eigenvalue weighted by Crippen LogP contribution is 2.20. The molecule has 0 saturated heterocycles. The topological polar surface area (TPSA) is 81.1 Å². The first-order valence-electron chi connectivity index (χ1n) is 7.06. The number of carbonyl (C=O) groups excluding carboxylic acids is 1. The summed E-state index contributed by atoms with van der Waals surface area (Å²) in [4.78, 5) is 16.1. The summed E-state index contributed by atoms with van der Waals surface area (Å²) in [5.41, 5.74) is 7.09. The highest BCUT2D eigenvalue weighted by atomic mass is 19.1. The largest absolute Gasteiger partial charge is 0.444 e. The van der Waals surface area contributed by atoms with Crippen molar-refractivity contribution in [3.63, 3.8) is 0 Å². The molecule has 3 N–H and O–H groups in total. The molecule has 3 aromatic rings. The molecule has 0 radical (unpaired) electrons. The quantitative estimate of drug-likeness (QED) is 0.721. The minimum absolute atomic E-state index is 0.0509. The normalized spacial score (nSPS) is 10.6. The van der Waals surface area contributed by atoms with Crippen LogP contribution in [0.5, 0.6) is 0 Å². The van der Waals surface area contributed by atoms with Crippen molar-refractivity contribution in [2.24, 2.45) is 0 Å². The molecule has 0 bridgehead atoms. The van der Waals surface area contributed by atoms with Crippen LogP contribution >= 0.6 is 0 Å². The fraction of sp³-hybridized carbons (Fsp3) is 0.0588. The number of oxazole rings is 1. The van der Waals surface area contributed by atoms with Crippen molar-refractivity contribution < 1.29 is 18.0 Å². The van der Waals surface area contributed by atoms with Gasteiger partial charge in [-0.2, -0.15) is 0 Å². The maximum Gasteiger partial charge on any atom is 0.273 e. The van der Waals surface area contributed by atoms with Gasteiger partial charge in [-0.05, 0) is 24.3 Å². The Labute approximate surface area is 136 Å². The predicted molar refractivity (Wildman–Crippen MR) is 83.9 cm³/mol. The van der Waals surface area contributed by atoms with E-state index in [1.165, 1.54) is 12.3 Å². The maximum absolute atomic E-state index is 13.5. The summed E-state index contributed by atoms with van der Waals surface area (Å²) in [7, 11) is 0. The molecule has 0 unspecified atom stereocenters. The fourth-order valence-corrected chi connectivity index (χ4v) is 2.11. The monoisotopic (exact) mass is 329 g/mol. The lowest BCUT2D eigenvalue weighted by atomic mass is 10.2. The zero-order chi connectivity index (χ0) is 17.1. The van der Waals surface area contributed by atoms with E-state index in [4.69, 9.17) is 10.2 Å². The van der Waals surface area contributed by atoms with E-state index in [9.17, 15) is 13.6 Å². The summed E-state index contributed by atoms with van der Waals surface area (Å²) in [6.45, 7) is -0.0918. The molecule has 0 aliphatic heterocycles. The SMILES string of the molecule is Nc1cccc(-c2nc(C(=O)NCc3ccc(F)cc3F)co2)c1. The Bertz CT molecular complexity index is 893. The summed E-state index contributed by atoms with van der Waals surface area (Å²) in [6.07, 6.45) is 1.20. The first-order valence-corrected chi connectivity index (χ1v) is 7.06. The van der Waals surface area contributed by atoms with Gasteiger partial charge in [0, 0.05) is 29.4 Å².